The molecule has 0 fully saturated rings. The maximum Gasteiger partial charge on any atom is 0.142 e. The van der Waals surface area contributed by atoms with E-state index in [9.17, 15) is 9.50 Å². The molecule has 0 saturated carbocycles. The first-order chi connectivity index (χ1) is 8.91. The van der Waals surface area contributed by atoms with Crippen LogP contribution in [0.1, 0.15) is 23.1 Å². The lowest BCUT2D eigenvalue weighted by Crippen LogP contribution is -2.08. The third kappa shape index (κ3) is 2.76. The van der Waals surface area contributed by atoms with Gasteiger partial charge in [-0.15, -0.1) is 0 Å². The van der Waals surface area contributed by atoms with E-state index >= 15 is 0 Å². The minimum atomic E-state index is -0.935. The Bertz CT molecular complexity index is 613. The van der Waals surface area contributed by atoms with Crippen LogP contribution in [-0.2, 0) is 13.5 Å². The van der Waals surface area contributed by atoms with Crippen LogP contribution in [-0.4, -0.2) is 14.9 Å². The van der Waals surface area contributed by atoms with E-state index in [2.05, 4.69) is 5.10 Å². The minimum absolute atomic E-state index is 0.0648. The molecule has 0 radical (unpaired) electrons. The molecule has 1 aromatic carbocycles. The molecular formula is C13H13Cl2FN2O. The fourth-order valence-corrected chi connectivity index (χ4v) is 2.46. The van der Waals surface area contributed by atoms with Gasteiger partial charge in [-0.2, -0.15) is 5.10 Å². The smallest absolute Gasteiger partial charge is 0.142 e. The fraction of sp³-hybridized carbons (Fsp3) is 0.308. The number of aliphatic hydroxyl groups is 1. The van der Waals surface area contributed by atoms with E-state index in [1.54, 1.807) is 24.7 Å². The van der Waals surface area contributed by atoms with Gasteiger partial charge in [-0.25, -0.2) is 4.39 Å². The van der Waals surface area contributed by atoms with Crippen LogP contribution in [0.25, 0.3) is 0 Å². The third-order valence-corrected chi connectivity index (χ3v) is 3.88. The number of halogens is 3. The highest BCUT2D eigenvalue weighted by Gasteiger charge is 2.19. The van der Waals surface area contributed by atoms with Crippen LogP contribution in [0, 0.1) is 12.7 Å². The standard InChI is InChI=1S/C13H13Cl2FN2O/c1-7-12(14)10(18(2)17-7)6-11(19)8-4-3-5-9(16)13(8)15/h3-5,11,19H,6H2,1-2H3. The summed E-state index contributed by atoms with van der Waals surface area (Å²) in [6, 6.07) is 4.35. The van der Waals surface area contributed by atoms with Gasteiger partial charge in [0.05, 0.1) is 27.5 Å². The average Bonchev–Trinajstić information content (AvgIpc) is 2.59. The summed E-state index contributed by atoms with van der Waals surface area (Å²) in [5.41, 5.74) is 1.72. The maximum absolute atomic E-state index is 13.4. The van der Waals surface area contributed by atoms with Crippen molar-refractivity contribution in [2.75, 3.05) is 0 Å². The summed E-state index contributed by atoms with van der Waals surface area (Å²) in [6.45, 7) is 1.79. The molecule has 1 aromatic heterocycles. The molecule has 2 rings (SSSR count). The van der Waals surface area contributed by atoms with Crippen molar-refractivity contribution in [3.05, 3.63) is 51.0 Å². The lowest BCUT2D eigenvalue weighted by molar-refractivity contribution is 0.175. The van der Waals surface area contributed by atoms with Gasteiger partial charge in [-0.1, -0.05) is 35.3 Å². The molecule has 0 saturated heterocycles. The van der Waals surface area contributed by atoms with Crippen LogP contribution in [0.3, 0.4) is 0 Å². The molecule has 0 spiro atoms. The largest absolute Gasteiger partial charge is 0.388 e. The summed E-state index contributed by atoms with van der Waals surface area (Å²) in [5, 5.41) is 14.8. The van der Waals surface area contributed by atoms with Crippen molar-refractivity contribution in [2.24, 2.45) is 7.05 Å². The molecule has 3 nitrogen and oxygen atoms in total. The highest BCUT2D eigenvalue weighted by Crippen LogP contribution is 2.30. The van der Waals surface area contributed by atoms with Crippen molar-refractivity contribution in [3.63, 3.8) is 0 Å². The molecule has 102 valence electrons. The van der Waals surface area contributed by atoms with Crippen LogP contribution in [0.4, 0.5) is 4.39 Å². The lowest BCUT2D eigenvalue weighted by atomic mass is 10.0. The first-order valence-electron chi connectivity index (χ1n) is 5.71. The Morgan fingerprint density at radius 3 is 2.63 bits per heavy atom. The Morgan fingerprint density at radius 2 is 2.05 bits per heavy atom. The number of hydrogen-bond donors (Lipinski definition) is 1. The van der Waals surface area contributed by atoms with Gasteiger partial charge in [0.15, 0.2) is 0 Å². The molecule has 1 atom stereocenters. The topological polar surface area (TPSA) is 38.0 Å². The van der Waals surface area contributed by atoms with Gasteiger partial charge in [-0.05, 0) is 13.0 Å². The molecule has 0 bridgehead atoms. The van der Waals surface area contributed by atoms with Gasteiger partial charge in [0.25, 0.3) is 0 Å². The summed E-state index contributed by atoms with van der Waals surface area (Å²) >= 11 is 12.0. The average molecular weight is 303 g/mol. The molecule has 0 aliphatic heterocycles. The first-order valence-corrected chi connectivity index (χ1v) is 6.47. The second-order valence-corrected chi connectivity index (χ2v) is 5.09. The van der Waals surface area contributed by atoms with Crippen LogP contribution in [0.15, 0.2) is 18.2 Å². The molecule has 0 aliphatic rings. The summed E-state index contributed by atoms with van der Waals surface area (Å²) < 4.78 is 15.0. The second kappa shape index (κ2) is 5.49. The zero-order valence-corrected chi connectivity index (χ0v) is 12.0. The van der Waals surface area contributed by atoms with Crippen molar-refractivity contribution < 1.29 is 9.50 Å². The Morgan fingerprint density at radius 1 is 1.37 bits per heavy atom. The zero-order valence-electron chi connectivity index (χ0n) is 10.5. The maximum atomic E-state index is 13.4. The molecule has 0 amide bonds. The van der Waals surface area contributed by atoms with Gasteiger partial charge in [0.1, 0.15) is 5.82 Å². The van der Waals surface area contributed by atoms with E-state index in [1.807, 2.05) is 0 Å². The van der Waals surface area contributed by atoms with E-state index in [-0.39, 0.29) is 11.4 Å². The summed E-state index contributed by atoms with van der Waals surface area (Å²) in [5.74, 6) is -0.550. The van der Waals surface area contributed by atoms with Crippen LogP contribution in [0.2, 0.25) is 10.0 Å². The molecule has 0 aliphatic carbocycles. The highest BCUT2D eigenvalue weighted by molar-refractivity contribution is 6.32. The van der Waals surface area contributed by atoms with Gasteiger partial charge in [0.2, 0.25) is 0 Å². The number of aryl methyl sites for hydroxylation is 2. The monoisotopic (exact) mass is 302 g/mol. The Labute approximate surface area is 120 Å². The number of nitrogens with zero attached hydrogens (tertiary/aromatic N) is 2. The van der Waals surface area contributed by atoms with Crippen molar-refractivity contribution in [1.29, 1.82) is 0 Å². The summed E-state index contributed by atoms with van der Waals surface area (Å²) in [4.78, 5) is 0. The molecule has 2 aromatic rings. The molecule has 19 heavy (non-hydrogen) atoms. The van der Waals surface area contributed by atoms with E-state index in [0.29, 0.717) is 22.0 Å². The van der Waals surface area contributed by atoms with Crippen LogP contribution < -0.4 is 0 Å². The van der Waals surface area contributed by atoms with Crippen molar-refractivity contribution >= 4 is 23.2 Å². The number of aliphatic hydroxyl groups excluding tert-OH is 1. The number of benzene rings is 1. The zero-order chi connectivity index (χ0) is 14.2. The quantitative estimate of drug-likeness (QED) is 0.943. The number of hydrogen-bond acceptors (Lipinski definition) is 2. The van der Waals surface area contributed by atoms with Crippen molar-refractivity contribution in [3.8, 4) is 0 Å². The van der Waals surface area contributed by atoms with Gasteiger partial charge in [0, 0.05) is 19.0 Å². The van der Waals surface area contributed by atoms with Gasteiger partial charge >= 0.3 is 0 Å². The van der Waals surface area contributed by atoms with Gasteiger partial charge in [-0.3, -0.25) is 4.68 Å². The number of aromatic nitrogens is 2. The van der Waals surface area contributed by atoms with Gasteiger partial charge < -0.3 is 5.11 Å². The first kappa shape index (κ1) is 14.3. The molecule has 1 heterocycles. The molecule has 1 N–H and O–H groups in total. The van der Waals surface area contributed by atoms with E-state index in [1.165, 1.54) is 12.1 Å². The molecular weight excluding hydrogens is 290 g/mol. The lowest BCUT2D eigenvalue weighted by Gasteiger charge is -2.13. The van der Waals surface area contributed by atoms with Crippen molar-refractivity contribution in [1.82, 2.24) is 9.78 Å². The van der Waals surface area contributed by atoms with Crippen molar-refractivity contribution in [2.45, 2.75) is 19.4 Å². The Balaban J connectivity index is 2.31. The number of rotatable bonds is 3. The summed E-state index contributed by atoms with van der Waals surface area (Å²) in [7, 11) is 1.74. The van der Waals surface area contributed by atoms with Crippen LogP contribution in [0.5, 0.6) is 0 Å². The Hall–Kier alpha value is -1.10. The van der Waals surface area contributed by atoms with E-state index in [0.717, 1.165) is 0 Å². The second-order valence-electron chi connectivity index (χ2n) is 4.33. The summed E-state index contributed by atoms with van der Waals surface area (Å²) in [6.07, 6.45) is -0.713. The minimum Gasteiger partial charge on any atom is -0.388 e. The Kier molecular flexibility index (Phi) is 4.13. The van der Waals surface area contributed by atoms with E-state index < -0.39 is 11.9 Å². The third-order valence-electron chi connectivity index (χ3n) is 2.99. The fourth-order valence-electron chi connectivity index (χ4n) is 1.97. The normalized spacial score (nSPS) is 12.7. The predicted molar refractivity (Wildman–Crippen MR) is 73.0 cm³/mol. The predicted octanol–water partition coefficient (Wildman–Crippen LogP) is 3.45. The molecule has 1 unspecified atom stereocenters. The van der Waals surface area contributed by atoms with Crippen LogP contribution >= 0.6 is 23.2 Å². The molecule has 6 heteroatoms. The SMILES string of the molecule is Cc1nn(C)c(CC(O)c2cccc(F)c2Cl)c1Cl. The van der Waals surface area contributed by atoms with E-state index in [4.69, 9.17) is 23.2 Å². The highest BCUT2D eigenvalue weighted by atomic mass is 35.5.